The minimum atomic E-state index is 0.0143. The minimum Gasteiger partial charge on any atom is -0.469 e. The Morgan fingerprint density at radius 1 is 1.23 bits per heavy atom. The number of likely N-dealkylation sites (N-methyl/N-ethyl adjacent to an activating group) is 1. The average molecular weight is 485 g/mol. The zero-order valence-electron chi connectivity index (χ0n) is 20.8. The highest BCUT2D eigenvalue weighted by atomic mass is 16.6. The number of piperidine rings is 2. The molecule has 0 aromatic carbocycles. The van der Waals surface area contributed by atoms with E-state index in [4.69, 9.17) is 19.4 Å². The van der Waals surface area contributed by atoms with Crippen LogP contribution in [0.4, 0.5) is 17.6 Å². The lowest BCUT2D eigenvalue weighted by Crippen LogP contribution is -2.58. The summed E-state index contributed by atoms with van der Waals surface area (Å²) in [5.74, 6) is 2.60. The number of nitrogens with one attached hydrogen (secondary N) is 3. The van der Waals surface area contributed by atoms with Crippen LogP contribution in [0.1, 0.15) is 44.7 Å². The van der Waals surface area contributed by atoms with Gasteiger partial charge in [0.15, 0.2) is 5.82 Å². The van der Waals surface area contributed by atoms with Gasteiger partial charge in [0, 0.05) is 49.5 Å². The van der Waals surface area contributed by atoms with Gasteiger partial charge in [-0.25, -0.2) is 0 Å². The number of nitrogens with zero attached hydrogens (tertiary/aromatic N) is 5. The average Bonchev–Trinajstić information content (AvgIpc) is 3.20. The Morgan fingerprint density at radius 3 is 2.63 bits per heavy atom. The SMILES string of the molecule is CCNC(=O)CN1[C@@H]2CCC[C@H]1CC(N(C)c1nc(Nc3cc(C)[nH]n3)cc(OC3COC3)n1)C2. The Hall–Kier alpha value is -2.92. The van der Waals surface area contributed by atoms with Crippen LogP contribution in [0.5, 0.6) is 5.88 Å². The second-order valence-corrected chi connectivity index (χ2v) is 9.83. The predicted molar refractivity (Wildman–Crippen MR) is 132 cm³/mol. The van der Waals surface area contributed by atoms with Crippen molar-refractivity contribution >= 4 is 23.5 Å². The molecule has 2 bridgehead atoms. The maximum Gasteiger partial charge on any atom is 0.234 e. The lowest BCUT2D eigenvalue weighted by atomic mass is 9.81. The second kappa shape index (κ2) is 10.4. The molecular weight excluding hydrogens is 448 g/mol. The van der Waals surface area contributed by atoms with Gasteiger partial charge in [0.1, 0.15) is 11.9 Å². The molecular formula is C24H36N8O3. The number of hydrogen-bond donors (Lipinski definition) is 3. The molecule has 1 unspecified atom stereocenters. The Balaban J connectivity index is 1.34. The molecule has 3 N–H and O–H groups in total. The topological polar surface area (TPSA) is 121 Å². The summed E-state index contributed by atoms with van der Waals surface area (Å²) in [4.78, 5) is 26.5. The van der Waals surface area contributed by atoms with Gasteiger partial charge in [-0.2, -0.15) is 15.1 Å². The van der Waals surface area contributed by atoms with Crippen LogP contribution in [0.3, 0.4) is 0 Å². The fraction of sp³-hybridized carbons (Fsp3) is 0.667. The summed E-state index contributed by atoms with van der Waals surface area (Å²) in [6, 6.07) is 4.82. The molecule has 190 valence electrons. The van der Waals surface area contributed by atoms with E-state index in [0.717, 1.165) is 31.4 Å². The smallest absolute Gasteiger partial charge is 0.234 e. The Bertz CT molecular complexity index is 1010. The number of aromatic amines is 1. The van der Waals surface area contributed by atoms with Gasteiger partial charge in [-0.3, -0.25) is 14.8 Å². The summed E-state index contributed by atoms with van der Waals surface area (Å²) in [5.41, 5.74) is 0.966. The van der Waals surface area contributed by atoms with Crippen molar-refractivity contribution in [2.24, 2.45) is 0 Å². The van der Waals surface area contributed by atoms with E-state index in [2.05, 4.69) is 37.7 Å². The van der Waals surface area contributed by atoms with Crippen LogP contribution in [-0.2, 0) is 9.53 Å². The number of aryl methyl sites for hydroxylation is 1. The van der Waals surface area contributed by atoms with Crippen molar-refractivity contribution in [2.75, 3.05) is 43.6 Å². The van der Waals surface area contributed by atoms with Crippen LogP contribution in [-0.4, -0.2) is 88.6 Å². The van der Waals surface area contributed by atoms with Gasteiger partial charge >= 0.3 is 0 Å². The lowest BCUT2D eigenvalue weighted by Gasteiger charge is -2.50. The number of aromatic nitrogens is 4. The molecule has 3 saturated heterocycles. The molecule has 0 radical (unpaired) electrons. The summed E-state index contributed by atoms with van der Waals surface area (Å²) in [6.07, 6.45) is 5.45. The maximum absolute atomic E-state index is 12.3. The molecule has 3 atom stereocenters. The largest absolute Gasteiger partial charge is 0.469 e. The van der Waals surface area contributed by atoms with Crippen molar-refractivity contribution in [3.05, 3.63) is 17.8 Å². The highest BCUT2D eigenvalue weighted by Crippen LogP contribution is 2.36. The molecule has 11 nitrogen and oxygen atoms in total. The predicted octanol–water partition coefficient (Wildman–Crippen LogP) is 1.99. The summed E-state index contributed by atoms with van der Waals surface area (Å²) in [7, 11) is 2.06. The number of hydrogen-bond acceptors (Lipinski definition) is 9. The van der Waals surface area contributed by atoms with Crippen LogP contribution in [0.15, 0.2) is 12.1 Å². The van der Waals surface area contributed by atoms with Crippen molar-refractivity contribution in [3.63, 3.8) is 0 Å². The first kappa shape index (κ1) is 23.8. The number of fused-ring (bicyclic) bond motifs is 2. The standard InChI is InChI=1S/C24H36N8O3/c1-4-25-22(33)12-32-16-6-5-7-17(32)10-18(9-16)31(3)24-27-20(26-21-8-15(2)29-30-21)11-23(28-24)35-19-13-34-14-19/h8,11,16-19H,4-7,9-10,12-14H2,1-3H3,(H,25,33)(H2,26,27,28,29,30)/t16-,17+,18?. The van der Waals surface area contributed by atoms with Crippen molar-refractivity contribution in [2.45, 2.75) is 70.2 Å². The van der Waals surface area contributed by atoms with E-state index in [9.17, 15) is 4.79 Å². The zero-order chi connectivity index (χ0) is 24.4. The van der Waals surface area contributed by atoms with Gasteiger partial charge < -0.3 is 25.0 Å². The Kier molecular flexibility index (Phi) is 7.05. The summed E-state index contributed by atoms with van der Waals surface area (Å²) in [5, 5.41) is 13.4. The highest BCUT2D eigenvalue weighted by Gasteiger charge is 2.40. The molecule has 1 amide bonds. The number of anilines is 3. The van der Waals surface area contributed by atoms with Crippen LogP contribution < -0.4 is 20.3 Å². The number of carbonyl (C=O) groups is 1. The molecule has 3 aliphatic heterocycles. The van der Waals surface area contributed by atoms with Crippen molar-refractivity contribution in [1.29, 1.82) is 0 Å². The molecule has 0 aliphatic carbocycles. The van der Waals surface area contributed by atoms with Crippen molar-refractivity contribution in [3.8, 4) is 5.88 Å². The molecule has 0 spiro atoms. The molecule has 5 heterocycles. The number of carbonyl (C=O) groups excluding carboxylic acids is 1. The third-order valence-electron chi connectivity index (χ3n) is 7.21. The molecule has 2 aromatic heterocycles. The monoisotopic (exact) mass is 484 g/mol. The van der Waals surface area contributed by atoms with E-state index in [1.54, 1.807) is 0 Å². The van der Waals surface area contributed by atoms with Gasteiger partial charge in [-0.1, -0.05) is 6.42 Å². The number of amides is 1. The summed E-state index contributed by atoms with van der Waals surface area (Å²) >= 11 is 0. The van der Waals surface area contributed by atoms with E-state index in [0.29, 0.717) is 67.9 Å². The molecule has 35 heavy (non-hydrogen) atoms. The quantitative estimate of drug-likeness (QED) is 0.491. The van der Waals surface area contributed by atoms with Crippen LogP contribution in [0.25, 0.3) is 0 Å². The van der Waals surface area contributed by atoms with Gasteiger partial charge in [0.2, 0.25) is 17.7 Å². The van der Waals surface area contributed by atoms with Gasteiger partial charge in [-0.05, 0) is 39.5 Å². The molecule has 3 aliphatic rings. The Morgan fingerprint density at radius 2 is 2.00 bits per heavy atom. The third kappa shape index (κ3) is 5.51. The molecule has 0 saturated carbocycles. The fourth-order valence-electron chi connectivity index (χ4n) is 5.37. The van der Waals surface area contributed by atoms with Crippen LogP contribution in [0.2, 0.25) is 0 Å². The minimum absolute atomic E-state index is 0.0143. The van der Waals surface area contributed by atoms with E-state index in [1.165, 1.54) is 6.42 Å². The summed E-state index contributed by atoms with van der Waals surface area (Å²) in [6.45, 7) is 6.22. The Labute approximate surface area is 206 Å². The lowest BCUT2D eigenvalue weighted by molar-refractivity contribution is -0.125. The number of ether oxygens (including phenoxy) is 2. The van der Waals surface area contributed by atoms with Gasteiger partial charge in [0.05, 0.1) is 19.8 Å². The third-order valence-corrected chi connectivity index (χ3v) is 7.21. The van der Waals surface area contributed by atoms with E-state index < -0.39 is 0 Å². The highest BCUT2D eigenvalue weighted by molar-refractivity contribution is 5.78. The van der Waals surface area contributed by atoms with Crippen LogP contribution >= 0.6 is 0 Å². The van der Waals surface area contributed by atoms with E-state index >= 15 is 0 Å². The second-order valence-electron chi connectivity index (χ2n) is 9.83. The van der Waals surface area contributed by atoms with E-state index in [-0.39, 0.29) is 12.0 Å². The number of rotatable bonds is 9. The molecule has 5 rings (SSSR count). The summed E-state index contributed by atoms with van der Waals surface area (Å²) < 4.78 is 11.3. The first-order valence-corrected chi connectivity index (χ1v) is 12.7. The normalized spacial score (nSPS) is 24.5. The molecule has 3 fully saturated rings. The van der Waals surface area contributed by atoms with Crippen molar-refractivity contribution < 1.29 is 14.3 Å². The van der Waals surface area contributed by atoms with Gasteiger partial charge in [-0.15, -0.1) is 0 Å². The maximum atomic E-state index is 12.3. The molecule has 11 heteroatoms. The number of H-pyrrole nitrogens is 1. The first-order chi connectivity index (χ1) is 17.0. The van der Waals surface area contributed by atoms with Gasteiger partial charge in [0.25, 0.3) is 0 Å². The van der Waals surface area contributed by atoms with E-state index in [1.807, 2.05) is 26.0 Å². The van der Waals surface area contributed by atoms with Crippen molar-refractivity contribution in [1.82, 2.24) is 30.4 Å². The molecule has 2 aromatic rings. The van der Waals surface area contributed by atoms with Crippen LogP contribution in [0, 0.1) is 6.92 Å². The first-order valence-electron chi connectivity index (χ1n) is 12.7. The zero-order valence-corrected chi connectivity index (χ0v) is 20.8. The fourth-order valence-corrected chi connectivity index (χ4v) is 5.37.